The number of aliphatic hydroxyl groups is 2. The summed E-state index contributed by atoms with van der Waals surface area (Å²) in [6, 6.07) is 3.22. The second-order valence-corrected chi connectivity index (χ2v) is 4.74. The Morgan fingerprint density at radius 3 is 2.42 bits per heavy atom. The smallest absolute Gasteiger partial charge is 0.419 e. The minimum absolute atomic E-state index is 0.00146. The van der Waals surface area contributed by atoms with Gasteiger partial charge in [-0.15, -0.1) is 0 Å². The van der Waals surface area contributed by atoms with Gasteiger partial charge in [-0.3, -0.25) is 0 Å². The minimum atomic E-state index is -4.58. The van der Waals surface area contributed by atoms with Crippen LogP contribution in [0.25, 0.3) is 0 Å². The molecule has 0 saturated carbocycles. The summed E-state index contributed by atoms with van der Waals surface area (Å²) in [5, 5.41) is 19.8. The first-order chi connectivity index (χ1) is 8.81. The standard InChI is InChI=1S/C12H14BrF3O3/c1-19-10-3-2-7(6-8(10)12(14,15)16)11(18)9(17)4-5-13/h2-3,6,9,11,17-18H,4-5H2,1H3. The minimum Gasteiger partial charge on any atom is -0.496 e. The van der Waals surface area contributed by atoms with Crippen molar-refractivity contribution in [1.29, 1.82) is 0 Å². The van der Waals surface area contributed by atoms with Crippen molar-refractivity contribution in [3.63, 3.8) is 0 Å². The summed E-state index contributed by atoms with van der Waals surface area (Å²) in [6.45, 7) is 0. The first kappa shape index (κ1) is 16.3. The fourth-order valence-electron chi connectivity index (χ4n) is 1.62. The molecule has 2 unspecified atom stereocenters. The van der Waals surface area contributed by atoms with Crippen LogP contribution in [0.3, 0.4) is 0 Å². The van der Waals surface area contributed by atoms with E-state index in [4.69, 9.17) is 0 Å². The van der Waals surface area contributed by atoms with E-state index in [1.165, 1.54) is 6.07 Å². The van der Waals surface area contributed by atoms with Gasteiger partial charge in [0.15, 0.2) is 0 Å². The molecule has 0 spiro atoms. The highest BCUT2D eigenvalue weighted by atomic mass is 79.9. The Balaban J connectivity index is 3.11. The van der Waals surface area contributed by atoms with Crippen LogP contribution in [0.5, 0.6) is 5.75 Å². The van der Waals surface area contributed by atoms with E-state index in [2.05, 4.69) is 20.7 Å². The van der Waals surface area contributed by atoms with Crippen molar-refractivity contribution in [2.45, 2.75) is 24.8 Å². The molecule has 0 aliphatic rings. The number of rotatable bonds is 5. The number of hydrogen-bond acceptors (Lipinski definition) is 3. The van der Waals surface area contributed by atoms with E-state index >= 15 is 0 Å². The fraction of sp³-hybridized carbons (Fsp3) is 0.500. The summed E-state index contributed by atoms with van der Waals surface area (Å²) in [6.07, 6.45) is -6.85. The van der Waals surface area contributed by atoms with Crippen molar-refractivity contribution in [1.82, 2.24) is 0 Å². The molecule has 0 aromatic heterocycles. The van der Waals surface area contributed by atoms with E-state index in [1.807, 2.05) is 0 Å². The van der Waals surface area contributed by atoms with Gasteiger partial charge in [-0.05, 0) is 24.1 Å². The number of alkyl halides is 4. The van der Waals surface area contributed by atoms with Crippen LogP contribution >= 0.6 is 15.9 Å². The molecule has 7 heteroatoms. The molecule has 2 atom stereocenters. The Kier molecular flexibility index (Phi) is 5.64. The molecule has 0 saturated heterocycles. The van der Waals surface area contributed by atoms with Crippen LogP contribution in [-0.2, 0) is 6.18 Å². The zero-order valence-electron chi connectivity index (χ0n) is 10.1. The normalized spacial score (nSPS) is 15.1. The third-order valence-electron chi connectivity index (χ3n) is 2.64. The SMILES string of the molecule is COc1ccc(C(O)C(O)CCBr)cc1C(F)(F)F. The molecule has 1 aromatic carbocycles. The molecule has 0 heterocycles. The van der Waals surface area contributed by atoms with Gasteiger partial charge >= 0.3 is 6.18 Å². The van der Waals surface area contributed by atoms with Gasteiger partial charge in [0.25, 0.3) is 0 Å². The molecule has 0 aliphatic carbocycles. The van der Waals surface area contributed by atoms with Crippen LogP contribution in [0.15, 0.2) is 18.2 Å². The molecule has 1 aromatic rings. The lowest BCUT2D eigenvalue weighted by atomic mass is 10.00. The van der Waals surface area contributed by atoms with Crippen molar-refractivity contribution in [2.75, 3.05) is 12.4 Å². The van der Waals surface area contributed by atoms with Gasteiger partial charge in [0.1, 0.15) is 11.9 Å². The predicted molar refractivity (Wildman–Crippen MR) is 67.4 cm³/mol. The second kappa shape index (κ2) is 6.58. The van der Waals surface area contributed by atoms with E-state index in [0.717, 1.165) is 19.2 Å². The maximum Gasteiger partial charge on any atom is 0.419 e. The summed E-state index contributed by atoms with van der Waals surface area (Å²) in [5.74, 6) is -0.321. The summed E-state index contributed by atoms with van der Waals surface area (Å²) in [4.78, 5) is 0. The van der Waals surface area contributed by atoms with E-state index in [9.17, 15) is 23.4 Å². The van der Waals surface area contributed by atoms with Crippen LogP contribution in [0.4, 0.5) is 13.2 Å². The third kappa shape index (κ3) is 4.09. The van der Waals surface area contributed by atoms with Gasteiger partial charge in [-0.1, -0.05) is 22.0 Å². The second-order valence-electron chi connectivity index (χ2n) is 3.95. The van der Waals surface area contributed by atoms with Gasteiger partial charge in [0.2, 0.25) is 0 Å². The van der Waals surface area contributed by atoms with Crippen LogP contribution in [-0.4, -0.2) is 28.8 Å². The van der Waals surface area contributed by atoms with Crippen LogP contribution in [0.1, 0.15) is 23.7 Å². The molecule has 0 amide bonds. The van der Waals surface area contributed by atoms with Crippen LogP contribution < -0.4 is 4.74 Å². The summed E-state index contributed by atoms with van der Waals surface area (Å²) < 4.78 is 43.0. The molecule has 0 fully saturated rings. The van der Waals surface area contributed by atoms with Crippen molar-refractivity contribution >= 4 is 15.9 Å². The maximum absolute atomic E-state index is 12.8. The Morgan fingerprint density at radius 1 is 1.32 bits per heavy atom. The molecule has 108 valence electrons. The quantitative estimate of drug-likeness (QED) is 0.809. The van der Waals surface area contributed by atoms with E-state index in [-0.39, 0.29) is 17.7 Å². The number of hydrogen-bond donors (Lipinski definition) is 2. The monoisotopic (exact) mass is 342 g/mol. The topological polar surface area (TPSA) is 49.7 Å². The lowest BCUT2D eigenvalue weighted by Gasteiger charge is -2.19. The lowest BCUT2D eigenvalue weighted by molar-refractivity contribution is -0.138. The number of aliphatic hydroxyl groups excluding tert-OH is 2. The fourth-order valence-corrected chi connectivity index (χ4v) is 2.09. The molecule has 3 nitrogen and oxygen atoms in total. The first-order valence-electron chi connectivity index (χ1n) is 5.48. The maximum atomic E-state index is 12.8. The predicted octanol–water partition coefficient (Wildman–Crippen LogP) is 2.89. The van der Waals surface area contributed by atoms with Crippen molar-refractivity contribution in [2.24, 2.45) is 0 Å². The van der Waals surface area contributed by atoms with Crippen molar-refractivity contribution in [3.8, 4) is 5.75 Å². The van der Waals surface area contributed by atoms with Gasteiger partial charge in [-0.25, -0.2) is 0 Å². The average Bonchev–Trinajstić information content (AvgIpc) is 2.36. The van der Waals surface area contributed by atoms with E-state index in [0.29, 0.717) is 5.33 Å². The number of benzene rings is 1. The molecule has 2 N–H and O–H groups in total. The summed E-state index contributed by atoms with van der Waals surface area (Å²) in [7, 11) is 1.14. The number of ether oxygens (including phenoxy) is 1. The molecule has 0 bridgehead atoms. The molecule has 1 rings (SSSR count). The zero-order chi connectivity index (χ0) is 14.6. The molecular formula is C12H14BrF3O3. The Hall–Kier alpha value is -0.790. The third-order valence-corrected chi connectivity index (χ3v) is 3.10. The van der Waals surface area contributed by atoms with Gasteiger partial charge in [0.05, 0.1) is 18.8 Å². The highest BCUT2D eigenvalue weighted by molar-refractivity contribution is 9.09. The highest BCUT2D eigenvalue weighted by Gasteiger charge is 2.35. The van der Waals surface area contributed by atoms with Gasteiger partial charge < -0.3 is 14.9 Å². The van der Waals surface area contributed by atoms with E-state index in [1.54, 1.807) is 0 Å². The Labute approximate surface area is 117 Å². The zero-order valence-corrected chi connectivity index (χ0v) is 11.7. The van der Waals surface area contributed by atoms with E-state index < -0.39 is 23.9 Å². The first-order valence-corrected chi connectivity index (χ1v) is 6.60. The Bertz CT molecular complexity index is 423. The lowest BCUT2D eigenvalue weighted by Crippen LogP contribution is -2.19. The molecule has 19 heavy (non-hydrogen) atoms. The van der Waals surface area contributed by atoms with Crippen molar-refractivity contribution in [3.05, 3.63) is 29.3 Å². The largest absolute Gasteiger partial charge is 0.496 e. The van der Waals surface area contributed by atoms with Gasteiger partial charge in [0, 0.05) is 5.33 Å². The van der Waals surface area contributed by atoms with Crippen molar-refractivity contribution < 1.29 is 28.1 Å². The Morgan fingerprint density at radius 2 is 1.95 bits per heavy atom. The average molecular weight is 343 g/mol. The number of methoxy groups -OCH3 is 1. The molecule has 0 radical (unpaired) electrons. The molecule has 0 aliphatic heterocycles. The summed E-state index contributed by atoms with van der Waals surface area (Å²) >= 11 is 3.09. The van der Waals surface area contributed by atoms with Crippen LogP contribution in [0, 0.1) is 0 Å². The number of halogens is 4. The molecular weight excluding hydrogens is 329 g/mol. The summed E-state index contributed by atoms with van der Waals surface area (Å²) in [5.41, 5.74) is -0.973. The van der Waals surface area contributed by atoms with Crippen LogP contribution in [0.2, 0.25) is 0 Å². The highest BCUT2D eigenvalue weighted by Crippen LogP contribution is 2.38. The van der Waals surface area contributed by atoms with Gasteiger partial charge in [-0.2, -0.15) is 13.2 Å².